The smallest absolute Gasteiger partial charge is 0.123 e. The van der Waals surface area contributed by atoms with Crippen molar-refractivity contribution in [3.05, 3.63) is 23.8 Å². The second kappa shape index (κ2) is 4.59. The van der Waals surface area contributed by atoms with Crippen molar-refractivity contribution in [2.75, 3.05) is 0 Å². The molecule has 0 aromatic heterocycles. The largest absolute Gasteiger partial charge is 0.488 e. The molecule has 0 amide bonds. The minimum absolute atomic E-state index is 0.168. The van der Waals surface area contributed by atoms with Crippen molar-refractivity contribution in [3.8, 4) is 11.5 Å². The standard InChI is InChI=1S/C15H24O2/c1-11-10-12(16-14(2,3)4)8-9-13(11)17-15(5,6)7/h8-10H,1-7H3. The van der Waals surface area contributed by atoms with Gasteiger partial charge in [-0.05, 0) is 72.2 Å². The first-order chi connectivity index (χ1) is 7.57. The predicted molar refractivity (Wildman–Crippen MR) is 71.9 cm³/mol. The molecule has 0 bridgehead atoms. The Labute approximate surface area is 105 Å². The van der Waals surface area contributed by atoms with Crippen molar-refractivity contribution in [1.29, 1.82) is 0 Å². The van der Waals surface area contributed by atoms with Crippen LogP contribution in [0.1, 0.15) is 47.1 Å². The predicted octanol–water partition coefficient (Wildman–Crippen LogP) is 4.35. The van der Waals surface area contributed by atoms with E-state index < -0.39 is 0 Å². The fourth-order valence-corrected chi connectivity index (χ4v) is 1.48. The zero-order valence-electron chi connectivity index (χ0n) is 12.0. The molecule has 0 N–H and O–H groups in total. The molecular weight excluding hydrogens is 212 g/mol. The molecule has 0 heterocycles. The summed E-state index contributed by atoms with van der Waals surface area (Å²) in [5.41, 5.74) is 0.761. The first-order valence-corrected chi connectivity index (χ1v) is 6.05. The van der Waals surface area contributed by atoms with Crippen LogP contribution in [0.15, 0.2) is 18.2 Å². The van der Waals surface area contributed by atoms with Gasteiger partial charge in [0.2, 0.25) is 0 Å². The van der Waals surface area contributed by atoms with Crippen molar-refractivity contribution in [3.63, 3.8) is 0 Å². The molecule has 2 nitrogen and oxygen atoms in total. The molecule has 1 aromatic rings. The zero-order valence-corrected chi connectivity index (χ0v) is 12.0. The highest BCUT2D eigenvalue weighted by Crippen LogP contribution is 2.28. The number of ether oxygens (including phenoxy) is 2. The number of aryl methyl sites for hydroxylation is 1. The summed E-state index contributed by atoms with van der Waals surface area (Å²) in [4.78, 5) is 0. The van der Waals surface area contributed by atoms with Gasteiger partial charge in [0.1, 0.15) is 22.7 Å². The summed E-state index contributed by atoms with van der Waals surface area (Å²) < 4.78 is 11.7. The minimum atomic E-state index is -0.169. The summed E-state index contributed by atoms with van der Waals surface area (Å²) in [5.74, 6) is 1.80. The number of rotatable bonds is 2. The average molecular weight is 236 g/mol. The highest BCUT2D eigenvalue weighted by Gasteiger charge is 2.15. The topological polar surface area (TPSA) is 18.5 Å². The first-order valence-electron chi connectivity index (χ1n) is 6.05. The Morgan fingerprint density at radius 2 is 1.35 bits per heavy atom. The lowest BCUT2D eigenvalue weighted by atomic mass is 10.1. The van der Waals surface area contributed by atoms with Crippen molar-refractivity contribution < 1.29 is 9.47 Å². The fraction of sp³-hybridized carbons (Fsp3) is 0.600. The van der Waals surface area contributed by atoms with E-state index in [9.17, 15) is 0 Å². The highest BCUT2D eigenvalue weighted by atomic mass is 16.5. The van der Waals surface area contributed by atoms with E-state index in [1.807, 2.05) is 66.7 Å². The zero-order chi connectivity index (χ0) is 13.3. The summed E-state index contributed by atoms with van der Waals surface area (Å²) in [5, 5.41) is 0. The Morgan fingerprint density at radius 3 is 1.76 bits per heavy atom. The Bertz CT molecular complexity index is 381. The molecule has 1 rings (SSSR count). The maximum absolute atomic E-state index is 5.86. The molecule has 96 valence electrons. The van der Waals surface area contributed by atoms with Crippen LogP contribution in [0, 0.1) is 6.92 Å². The minimum Gasteiger partial charge on any atom is -0.488 e. The molecule has 1 aromatic carbocycles. The van der Waals surface area contributed by atoms with E-state index >= 15 is 0 Å². The van der Waals surface area contributed by atoms with Crippen molar-refractivity contribution in [1.82, 2.24) is 0 Å². The van der Waals surface area contributed by atoms with Crippen LogP contribution in [0.5, 0.6) is 11.5 Å². The number of hydrogen-bond acceptors (Lipinski definition) is 2. The van der Waals surface area contributed by atoms with Gasteiger partial charge in [-0.2, -0.15) is 0 Å². The lowest BCUT2D eigenvalue weighted by Crippen LogP contribution is -2.24. The molecule has 0 saturated heterocycles. The molecule has 0 atom stereocenters. The third kappa shape index (κ3) is 5.12. The van der Waals surface area contributed by atoms with E-state index in [1.54, 1.807) is 0 Å². The number of benzene rings is 1. The van der Waals surface area contributed by atoms with E-state index in [0.29, 0.717) is 0 Å². The second-order valence-corrected chi connectivity index (χ2v) is 6.36. The summed E-state index contributed by atoms with van der Waals surface area (Å²) in [6.07, 6.45) is 0. The maximum Gasteiger partial charge on any atom is 0.123 e. The van der Waals surface area contributed by atoms with Gasteiger partial charge in [0.05, 0.1) is 0 Å². The monoisotopic (exact) mass is 236 g/mol. The van der Waals surface area contributed by atoms with Gasteiger partial charge in [0.25, 0.3) is 0 Å². The third-order valence-electron chi connectivity index (χ3n) is 1.99. The van der Waals surface area contributed by atoms with E-state index in [-0.39, 0.29) is 11.2 Å². The molecule has 0 spiro atoms. The summed E-state index contributed by atoms with van der Waals surface area (Å²) in [7, 11) is 0. The van der Waals surface area contributed by atoms with Crippen LogP contribution in [0.25, 0.3) is 0 Å². The van der Waals surface area contributed by atoms with Crippen LogP contribution >= 0.6 is 0 Å². The molecule has 0 saturated carbocycles. The van der Waals surface area contributed by atoms with Crippen molar-refractivity contribution in [2.45, 2.75) is 59.7 Å². The molecule has 0 radical (unpaired) electrons. The molecule has 2 heteroatoms. The Hall–Kier alpha value is -1.18. The summed E-state index contributed by atoms with van der Waals surface area (Å²) in [6.45, 7) is 14.3. The van der Waals surface area contributed by atoms with Crippen LogP contribution in [-0.4, -0.2) is 11.2 Å². The molecule has 17 heavy (non-hydrogen) atoms. The third-order valence-corrected chi connectivity index (χ3v) is 1.99. The number of hydrogen-bond donors (Lipinski definition) is 0. The first kappa shape index (κ1) is 13.9. The van der Waals surface area contributed by atoms with Gasteiger partial charge in [0, 0.05) is 0 Å². The second-order valence-electron chi connectivity index (χ2n) is 6.36. The van der Waals surface area contributed by atoms with Gasteiger partial charge in [-0.15, -0.1) is 0 Å². The Balaban J connectivity index is 2.87. The molecule has 0 aliphatic carbocycles. The molecular formula is C15H24O2. The van der Waals surface area contributed by atoms with E-state index in [0.717, 1.165) is 17.1 Å². The average Bonchev–Trinajstić information content (AvgIpc) is 2.05. The van der Waals surface area contributed by atoms with Crippen LogP contribution in [-0.2, 0) is 0 Å². The Kier molecular flexibility index (Phi) is 3.75. The molecule has 0 aliphatic rings. The van der Waals surface area contributed by atoms with Gasteiger partial charge in [-0.1, -0.05) is 0 Å². The van der Waals surface area contributed by atoms with Crippen LogP contribution in [0.4, 0.5) is 0 Å². The van der Waals surface area contributed by atoms with Gasteiger partial charge >= 0.3 is 0 Å². The van der Waals surface area contributed by atoms with Crippen LogP contribution in [0.2, 0.25) is 0 Å². The molecule has 0 aliphatic heterocycles. The normalized spacial score (nSPS) is 12.4. The van der Waals surface area contributed by atoms with Gasteiger partial charge in [-0.25, -0.2) is 0 Å². The fourth-order valence-electron chi connectivity index (χ4n) is 1.48. The van der Waals surface area contributed by atoms with Crippen LogP contribution in [0.3, 0.4) is 0 Å². The van der Waals surface area contributed by atoms with E-state index in [4.69, 9.17) is 9.47 Å². The van der Waals surface area contributed by atoms with E-state index in [1.165, 1.54) is 0 Å². The van der Waals surface area contributed by atoms with Crippen LogP contribution < -0.4 is 9.47 Å². The maximum atomic E-state index is 5.86. The summed E-state index contributed by atoms with van der Waals surface area (Å²) >= 11 is 0. The quantitative estimate of drug-likeness (QED) is 0.760. The highest BCUT2D eigenvalue weighted by molar-refractivity contribution is 5.39. The lowest BCUT2D eigenvalue weighted by Gasteiger charge is -2.24. The van der Waals surface area contributed by atoms with Gasteiger partial charge < -0.3 is 9.47 Å². The Morgan fingerprint density at radius 1 is 0.824 bits per heavy atom. The molecule has 0 unspecified atom stereocenters. The van der Waals surface area contributed by atoms with Crippen molar-refractivity contribution >= 4 is 0 Å². The van der Waals surface area contributed by atoms with Crippen molar-refractivity contribution in [2.24, 2.45) is 0 Å². The van der Waals surface area contributed by atoms with Gasteiger partial charge in [0.15, 0.2) is 0 Å². The van der Waals surface area contributed by atoms with E-state index in [2.05, 4.69) is 0 Å². The molecule has 0 fully saturated rings. The SMILES string of the molecule is Cc1cc(OC(C)(C)C)ccc1OC(C)(C)C. The lowest BCUT2D eigenvalue weighted by molar-refractivity contribution is 0.124. The summed E-state index contributed by atoms with van der Waals surface area (Å²) in [6, 6.07) is 5.95. The van der Waals surface area contributed by atoms with Gasteiger partial charge in [-0.3, -0.25) is 0 Å².